The zero-order valence-electron chi connectivity index (χ0n) is 8.98. The van der Waals surface area contributed by atoms with Crippen LogP contribution < -0.4 is 11.5 Å². The summed E-state index contributed by atoms with van der Waals surface area (Å²) in [5.74, 6) is 0. The standard InChI is InChI=1S/C14H14N2/c1-10(11-2-6-13(15)7-3-11)12-4-8-14(16)9-5-12/h2-9H,1,15-16H2. The quantitative estimate of drug-likeness (QED) is 0.749. The Bertz CT molecular complexity index is 448. The normalized spacial score (nSPS) is 10.0. The summed E-state index contributed by atoms with van der Waals surface area (Å²) in [6.07, 6.45) is 0. The van der Waals surface area contributed by atoms with Gasteiger partial charge in [-0.1, -0.05) is 30.8 Å². The highest BCUT2D eigenvalue weighted by Crippen LogP contribution is 2.22. The number of nitrogens with two attached hydrogens (primary N) is 2. The number of hydrogen-bond donors (Lipinski definition) is 2. The van der Waals surface area contributed by atoms with E-state index in [-0.39, 0.29) is 0 Å². The van der Waals surface area contributed by atoms with Crippen LogP contribution >= 0.6 is 0 Å². The first-order valence-electron chi connectivity index (χ1n) is 5.07. The first kappa shape index (κ1) is 10.3. The molecule has 0 saturated heterocycles. The molecular formula is C14H14N2. The monoisotopic (exact) mass is 210 g/mol. The molecule has 16 heavy (non-hydrogen) atoms. The van der Waals surface area contributed by atoms with Crippen molar-refractivity contribution in [3.8, 4) is 0 Å². The van der Waals surface area contributed by atoms with Crippen LogP contribution in [0.5, 0.6) is 0 Å². The highest BCUT2D eigenvalue weighted by Gasteiger charge is 2.01. The van der Waals surface area contributed by atoms with Gasteiger partial charge < -0.3 is 11.5 Å². The Balaban J connectivity index is 2.32. The molecule has 0 atom stereocenters. The number of rotatable bonds is 2. The average molecular weight is 210 g/mol. The molecule has 0 fully saturated rings. The fourth-order valence-corrected chi connectivity index (χ4v) is 1.54. The molecule has 0 aliphatic heterocycles. The van der Waals surface area contributed by atoms with E-state index < -0.39 is 0 Å². The molecule has 2 aromatic rings. The molecule has 0 heterocycles. The fraction of sp³-hybridized carbons (Fsp3) is 0. The minimum atomic E-state index is 0.758. The molecule has 0 saturated carbocycles. The first-order valence-corrected chi connectivity index (χ1v) is 5.07. The van der Waals surface area contributed by atoms with Crippen molar-refractivity contribution in [3.05, 3.63) is 66.2 Å². The van der Waals surface area contributed by atoms with Crippen LogP contribution in [0.4, 0.5) is 11.4 Å². The number of anilines is 2. The van der Waals surface area contributed by atoms with Crippen molar-refractivity contribution in [2.75, 3.05) is 11.5 Å². The van der Waals surface area contributed by atoms with Gasteiger partial charge in [-0.3, -0.25) is 0 Å². The third kappa shape index (κ3) is 2.06. The van der Waals surface area contributed by atoms with Gasteiger partial charge in [-0.25, -0.2) is 0 Å². The SMILES string of the molecule is C=C(c1ccc(N)cc1)c1ccc(N)cc1. The Morgan fingerprint density at radius 3 is 1.31 bits per heavy atom. The van der Waals surface area contributed by atoms with Crippen molar-refractivity contribution in [1.82, 2.24) is 0 Å². The van der Waals surface area contributed by atoms with Gasteiger partial charge in [0.2, 0.25) is 0 Å². The Morgan fingerprint density at radius 2 is 1.00 bits per heavy atom. The van der Waals surface area contributed by atoms with Crippen molar-refractivity contribution < 1.29 is 0 Å². The zero-order chi connectivity index (χ0) is 11.5. The maximum Gasteiger partial charge on any atom is 0.0314 e. The molecule has 0 spiro atoms. The number of benzene rings is 2. The van der Waals surface area contributed by atoms with Crippen LogP contribution in [-0.2, 0) is 0 Å². The third-order valence-corrected chi connectivity index (χ3v) is 2.52. The molecule has 2 heteroatoms. The maximum absolute atomic E-state index is 5.64. The second kappa shape index (κ2) is 4.11. The van der Waals surface area contributed by atoms with E-state index in [4.69, 9.17) is 11.5 Å². The smallest absolute Gasteiger partial charge is 0.0314 e. The minimum Gasteiger partial charge on any atom is -0.399 e. The summed E-state index contributed by atoms with van der Waals surface area (Å²) in [7, 11) is 0. The molecule has 0 aliphatic carbocycles. The van der Waals surface area contributed by atoms with Crippen molar-refractivity contribution >= 4 is 16.9 Å². The van der Waals surface area contributed by atoms with Gasteiger partial charge in [-0.05, 0) is 41.0 Å². The van der Waals surface area contributed by atoms with E-state index in [9.17, 15) is 0 Å². The molecule has 0 radical (unpaired) electrons. The van der Waals surface area contributed by atoms with Gasteiger partial charge >= 0.3 is 0 Å². The summed E-state index contributed by atoms with van der Waals surface area (Å²) >= 11 is 0. The number of nitrogen functional groups attached to an aromatic ring is 2. The van der Waals surface area contributed by atoms with E-state index in [0.717, 1.165) is 28.1 Å². The molecule has 0 bridgehead atoms. The van der Waals surface area contributed by atoms with Crippen LogP contribution in [0.15, 0.2) is 55.1 Å². The molecule has 0 aliphatic rings. The van der Waals surface area contributed by atoms with Crippen molar-refractivity contribution in [2.45, 2.75) is 0 Å². The zero-order valence-corrected chi connectivity index (χ0v) is 8.98. The lowest BCUT2D eigenvalue weighted by atomic mass is 9.99. The van der Waals surface area contributed by atoms with Gasteiger partial charge in [-0.2, -0.15) is 0 Å². The van der Waals surface area contributed by atoms with Crippen LogP contribution in [0.1, 0.15) is 11.1 Å². The Kier molecular flexibility index (Phi) is 2.64. The van der Waals surface area contributed by atoms with Crippen LogP contribution in [0.3, 0.4) is 0 Å². The lowest BCUT2D eigenvalue weighted by Gasteiger charge is -2.06. The van der Waals surface area contributed by atoms with Gasteiger partial charge in [0, 0.05) is 11.4 Å². The summed E-state index contributed by atoms with van der Waals surface area (Å²) in [6.45, 7) is 4.07. The van der Waals surface area contributed by atoms with Crippen molar-refractivity contribution in [1.29, 1.82) is 0 Å². The minimum absolute atomic E-state index is 0.758. The third-order valence-electron chi connectivity index (χ3n) is 2.52. The Morgan fingerprint density at radius 1 is 0.688 bits per heavy atom. The van der Waals surface area contributed by atoms with Gasteiger partial charge in [-0.15, -0.1) is 0 Å². The summed E-state index contributed by atoms with van der Waals surface area (Å²) < 4.78 is 0. The molecule has 80 valence electrons. The van der Waals surface area contributed by atoms with Gasteiger partial charge in [0.15, 0.2) is 0 Å². The molecule has 2 nitrogen and oxygen atoms in total. The van der Waals surface area contributed by atoms with Crippen LogP contribution in [0, 0.1) is 0 Å². The van der Waals surface area contributed by atoms with E-state index in [1.54, 1.807) is 0 Å². The highest BCUT2D eigenvalue weighted by atomic mass is 14.5. The van der Waals surface area contributed by atoms with Crippen LogP contribution in [0.2, 0.25) is 0 Å². The largest absolute Gasteiger partial charge is 0.399 e. The maximum atomic E-state index is 5.64. The Hall–Kier alpha value is -2.22. The Labute approximate surface area is 95.2 Å². The van der Waals surface area contributed by atoms with E-state index in [2.05, 4.69) is 6.58 Å². The summed E-state index contributed by atoms with van der Waals surface area (Å²) in [6, 6.07) is 15.4. The number of hydrogen-bond acceptors (Lipinski definition) is 2. The van der Waals surface area contributed by atoms with Gasteiger partial charge in [0.05, 0.1) is 0 Å². The van der Waals surface area contributed by atoms with Gasteiger partial charge in [0.1, 0.15) is 0 Å². The van der Waals surface area contributed by atoms with Crippen molar-refractivity contribution in [2.24, 2.45) is 0 Å². The topological polar surface area (TPSA) is 52.0 Å². The first-order chi connectivity index (χ1) is 7.66. The predicted molar refractivity (Wildman–Crippen MR) is 69.8 cm³/mol. The van der Waals surface area contributed by atoms with E-state index in [0.29, 0.717) is 0 Å². The average Bonchev–Trinajstić information content (AvgIpc) is 2.30. The summed E-state index contributed by atoms with van der Waals surface area (Å²) in [5.41, 5.74) is 15.9. The summed E-state index contributed by atoms with van der Waals surface area (Å²) in [5, 5.41) is 0. The fourth-order valence-electron chi connectivity index (χ4n) is 1.54. The van der Waals surface area contributed by atoms with Crippen LogP contribution in [-0.4, -0.2) is 0 Å². The molecular weight excluding hydrogens is 196 g/mol. The highest BCUT2D eigenvalue weighted by molar-refractivity contribution is 5.79. The van der Waals surface area contributed by atoms with Crippen LogP contribution in [0.25, 0.3) is 5.57 Å². The predicted octanol–water partition coefficient (Wildman–Crippen LogP) is 2.91. The second-order valence-corrected chi connectivity index (χ2v) is 3.72. The molecule has 2 aromatic carbocycles. The van der Waals surface area contributed by atoms with E-state index >= 15 is 0 Å². The van der Waals surface area contributed by atoms with E-state index in [1.165, 1.54) is 0 Å². The molecule has 0 aromatic heterocycles. The lowest BCUT2D eigenvalue weighted by Crippen LogP contribution is -1.89. The van der Waals surface area contributed by atoms with Gasteiger partial charge in [0.25, 0.3) is 0 Å². The second-order valence-electron chi connectivity index (χ2n) is 3.72. The molecule has 4 N–H and O–H groups in total. The lowest BCUT2D eigenvalue weighted by molar-refractivity contribution is 1.55. The van der Waals surface area contributed by atoms with Crippen molar-refractivity contribution in [3.63, 3.8) is 0 Å². The molecule has 2 rings (SSSR count). The molecule has 0 unspecified atom stereocenters. The summed E-state index contributed by atoms with van der Waals surface area (Å²) in [4.78, 5) is 0. The van der Waals surface area contributed by atoms with E-state index in [1.807, 2.05) is 48.5 Å². The molecule has 0 amide bonds.